The molecule has 0 bridgehead atoms. The van der Waals surface area contributed by atoms with Gasteiger partial charge in [0.2, 0.25) is 0 Å². The van der Waals surface area contributed by atoms with E-state index in [-0.39, 0.29) is 0 Å². The lowest BCUT2D eigenvalue weighted by Gasteiger charge is -2.36. The molecule has 3 heterocycles. The van der Waals surface area contributed by atoms with E-state index in [1.54, 1.807) is 17.0 Å². The van der Waals surface area contributed by atoms with Crippen LogP contribution >= 0.6 is 0 Å². The number of benzene rings is 2. The number of carbonyl (C=O) groups is 1. The number of primary amides is 1. The van der Waals surface area contributed by atoms with Crippen LogP contribution in [0, 0.1) is 19.8 Å². The first kappa shape index (κ1) is 25.3. The SMILES string of the molecule is Cc1cc(OCc2cnc(C)nc2)cc(Oc2ccc(-n3cc(CC4CN(C)C4)c(N)c3C(N)=O)cc2)c1. The molecule has 0 atom stereocenters. The molecule has 4 aromatic rings. The Morgan fingerprint density at radius 2 is 1.71 bits per heavy atom. The van der Waals surface area contributed by atoms with Gasteiger partial charge in [-0.05, 0) is 80.8 Å². The largest absolute Gasteiger partial charge is 0.489 e. The van der Waals surface area contributed by atoms with Crippen LogP contribution in [-0.4, -0.2) is 45.5 Å². The number of aromatic nitrogens is 3. The van der Waals surface area contributed by atoms with E-state index in [1.165, 1.54) is 0 Å². The van der Waals surface area contributed by atoms with Gasteiger partial charge in [0.15, 0.2) is 0 Å². The highest BCUT2D eigenvalue weighted by atomic mass is 16.5. The molecule has 4 N–H and O–H groups in total. The summed E-state index contributed by atoms with van der Waals surface area (Å²) in [6.45, 7) is 6.24. The molecule has 1 fully saturated rings. The lowest BCUT2D eigenvalue weighted by atomic mass is 9.93. The molecule has 9 nitrogen and oxygen atoms in total. The Kier molecular flexibility index (Phi) is 7.02. The third kappa shape index (κ3) is 5.63. The smallest absolute Gasteiger partial charge is 0.267 e. The van der Waals surface area contributed by atoms with Gasteiger partial charge in [-0.25, -0.2) is 9.97 Å². The number of anilines is 1. The summed E-state index contributed by atoms with van der Waals surface area (Å²) in [5.41, 5.74) is 16.4. The molecular formula is C29H32N6O3. The third-order valence-corrected chi connectivity index (χ3v) is 6.62. The minimum absolute atomic E-state index is 0.306. The maximum atomic E-state index is 12.3. The van der Waals surface area contributed by atoms with Crippen molar-refractivity contribution in [2.24, 2.45) is 11.7 Å². The van der Waals surface area contributed by atoms with Crippen molar-refractivity contribution >= 4 is 11.6 Å². The van der Waals surface area contributed by atoms with E-state index in [9.17, 15) is 4.79 Å². The normalized spacial score (nSPS) is 13.8. The Balaban J connectivity index is 1.30. The first-order valence-corrected chi connectivity index (χ1v) is 12.5. The Morgan fingerprint density at radius 1 is 1.03 bits per heavy atom. The molecule has 1 amide bonds. The molecule has 0 radical (unpaired) electrons. The van der Waals surface area contributed by atoms with E-state index in [2.05, 4.69) is 21.9 Å². The van der Waals surface area contributed by atoms with Crippen LogP contribution in [0.3, 0.4) is 0 Å². The predicted molar refractivity (Wildman–Crippen MR) is 146 cm³/mol. The topological polar surface area (TPSA) is 122 Å². The Labute approximate surface area is 222 Å². The van der Waals surface area contributed by atoms with Gasteiger partial charge in [0.25, 0.3) is 5.91 Å². The molecule has 196 valence electrons. The highest BCUT2D eigenvalue weighted by Crippen LogP contribution is 2.31. The Bertz CT molecular complexity index is 1440. The number of nitrogens with two attached hydrogens (primary N) is 2. The molecule has 2 aromatic carbocycles. The monoisotopic (exact) mass is 512 g/mol. The van der Waals surface area contributed by atoms with E-state index in [1.807, 2.05) is 62.5 Å². The van der Waals surface area contributed by atoms with E-state index >= 15 is 0 Å². The van der Waals surface area contributed by atoms with Crippen LogP contribution in [0.25, 0.3) is 5.69 Å². The molecule has 2 aromatic heterocycles. The maximum Gasteiger partial charge on any atom is 0.267 e. The summed E-state index contributed by atoms with van der Waals surface area (Å²) in [6, 6.07) is 13.2. The lowest BCUT2D eigenvalue weighted by Crippen LogP contribution is -2.44. The highest BCUT2D eigenvalue weighted by Gasteiger charge is 2.27. The molecule has 0 spiro atoms. The van der Waals surface area contributed by atoms with Gasteiger partial charge in [0.1, 0.15) is 35.4 Å². The first-order chi connectivity index (χ1) is 18.2. The molecule has 5 rings (SSSR count). The van der Waals surface area contributed by atoms with Crippen LogP contribution in [0.4, 0.5) is 5.69 Å². The fourth-order valence-corrected chi connectivity index (χ4v) is 4.79. The van der Waals surface area contributed by atoms with Gasteiger partial charge in [-0.3, -0.25) is 4.79 Å². The highest BCUT2D eigenvalue weighted by molar-refractivity contribution is 5.98. The number of nitrogens with zero attached hydrogens (tertiary/aromatic N) is 4. The number of nitrogen functional groups attached to an aromatic ring is 1. The molecule has 1 saturated heterocycles. The van der Waals surface area contributed by atoms with Crippen LogP contribution in [0.1, 0.15) is 33.0 Å². The second-order valence-corrected chi connectivity index (χ2v) is 9.95. The molecule has 0 saturated carbocycles. The van der Waals surface area contributed by atoms with E-state index < -0.39 is 5.91 Å². The summed E-state index contributed by atoms with van der Waals surface area (Å²) in [5.74, 6) is 2.70. The van der Waals surface area contributed by atoms with Gasteiger partial charge >= 0.3 is 0 Å². The van der Waals surface area contributed by atoms with E-state index in [0.717, 1.165) is 47.7 Å². The van der Waals surface area contributed by atoms with E-state index in [4.69, 9.17) is 20.9 Å². The van der Waals surface area contributed by atoms with Crippen LogP contribution in [0.2, 0.25) is 0 Å². The number of likely N-dealkylation sites (tertiary alicyclic amines) is 1. The Hall–Kier alpha value is -4.37. The minimum atomic E-state index is -0.552. The van der Waals surface area contributed by atoms with Gasteiger partial charge in [0, 0.05) is 49.0 Å². The van der Waals surface area contributed by atoms with Crippen molar-refractivity contribution in [2.45, 2.75) is 26.9 Å². The van der Waals surface area contributed by atoms with Crippen LogP contribution < -0.4 is 20.9 Å². The molecule has 1 aliphatic rings. The summed E-state index contributed by atoms with van der Waals surface area (Å²) in [7, 11) is 2.09. The van der Waals surface area contributed by atoms with Gasteiger partial charge in [-0.2, -0.15) is 0 Å². The second kappa shape index (κ2) is 10.5. The van der Waals surface area contributed by atoms with Gasteiger partial charge in [0.05, 0.1) is 5.69 Å². The van der Waals surface area contributed by atoms with E-state index in [0.29, 0.717) is 41.2 Å². The second-order valence-electron chi connectivity index (χ2n) is 9.95. The van der Waals surface area contributed by atoms with Crippen molar-refractivity contribution in [3.05, 3.63) is 89.3 Å². The van der Waals surface area contributed by atoms with Crippen molar-refractivity contribution in [2.75, 3.05) is 25.9 Å². The number of rotatable bonds is 9. The van der Waals surface area contributed by atoms with Crippen molar-refractivity contribution in [1.29, 1.82) is 0 Å². The van der Waals surface area contributed by atoms with Gasteiger partial charge in [-0.1, -0.05) is 0 Å². The maximum absolute atomic E-state index is 12.3. The zero-order valence-electron chi connectivity index (χ0n) is 21.8. The third-order valence-electron chi connectivity index (χ3n) is 6.62. The number of carbonyl (C=O) groups excluding carboxylic acids is 1. The summed E-state index contributed by atoms with van der Waals surface area (Å²) in [6.07, 6.45) is 6.26. The first-order valence-electron chi connectivity index (χ1n) is 12.5. The van der Waals surface area contributed by atoms with Crippen LogP contribution in [0.5, 0.6) is 17.2 Å². The molecule has 9 heteroatoms. The summed E-state index contributed by atoms with van der Waals surface area (Å²) in [5, 5.41) is 0. The number of amides is 1. The average molecular weight is 513 g/mol. The minimum Gasteiger partial charge on any atom is -0.489 e. The van der Waals surface area contributed by atoms with Crippen molar-refractivity contribution in [3.63, 3.8) is 0 Å². The van der Waals surface area contributed by atoms with Crippen LogP contribution in [-0.2, 0) is 13.0 Å². The quantitative estimate of drug-likeness (QED) is 0.347. The Morgan fingerprint density at radius 3 is 2.37 bits per heavy atom. The zero-order valence-corrected chi connectivity index (χ0v) is 21.8. The van der Waals surface area contributed by atoms with Gasteiger partial charge in [-0.15, -0.1) is 0 Å². The summed E-state index contributed by atoms with van der Waals surface area (Å²) in [4.78, 5) is 22.9. The number of hydrogen-bond donors (Lipinski definition) is 2. The summed E-state index contributed by atoms with van der Waals surface area (Å²) < 4.78 is 13.8. The standard InChI is InChI=1S/C29H32N6O3/c1-18-8-25(37-17-21-12-32-19(2)33-13-21)11-26(9-18)38-24-6-4-23(5-7-24)35-16-22(10-20-14-34(3)15-20)27(30)28(35)29(31)36/h4-9,11-13,16,20H,10,14-15,17,30H2,1-3H3,(H2,31,36). The van der Waals surface area contributed by atoms with Crippen LogP contribution in [0.15, 0.2) is 61.1 Å². The lowest BCUT2D eigenvalue weighted by molar-refractivity contribution is 0.0994. The average Bonchev–Trinajstić information content (AvgIpc) is 3.19. The fraction of sp³-hybridized carbons (Fsp3) is 0.276. The molecule has 1 aliphatic heterocycles. The molecule has 0 unspecified atom stereocenters. The fourth-order valence-electron chi connectivity index (χ4n) is 4.79. The summed E-state index contributed by atoms with van der Waals surface area (Å²) >= 11 is 0. The number of aryl methyl sites for hydroxylation is 2. The molecule has 38 heavy (non-hydrogen) atoms. The van der Waals surface area contributed by atoms with Gasteiger partial charge < -0.3 is 30.4 Å². The van der Waals surface area contributed by atoms with Crippen molar-refractivity contribution in [1.82, 2.24) is 19.4 Å². The number of ether oxygens (including phenoxy) is 2. The van der Waals surface area contributed by atoms with Crippen molar-refractivity contribution in [3.8, 4) is 22.9 Å². The molecular weight excluding hydrogens is 480 g/mol. The predicted octanol–water partition coefficient (Wildman–Crippen LogP) is 4.04. The van der Waals surface area contributed by atoms with Crippen molar-refractivity contribution < 1.29 is 14.3 Å². The number of hydrogen-bond acceptors (Lipinski definition) is 7. The molecule has 0 aliphatic carbocycles. The zero-order chi connectivity index (χ0) is 26.8.